The van der Waals surface area contributed by atoms with Crippen molar-refractivity contribution < 1.29 is 4.39 Å². The Bertz CT molecular complexity index is 2640. The van der Waals surface area contributed by atoms with Crippen LogP contribution in [0.25, 0.3) is 83.9 Å². The molecule has 0 N–H and O–H groups in total. The molecule has 0 spiro atoms. The van der Waals surface area contributed by atoms with Crippen molar-refractivity contribution in [1.82, 2.24) is 19.5 Å². The number of hydrogen-bond acceptors (Lipinski definition) is 3. The number of benzene rings is 7. The smallest absolute Gasteiger partial charge is 0.164 e. The number of rotatable bonds is 6. The molecule has 0 fully saturated rings. The van der Waals surface area contributed by atoms with Crippen LogP contribution in [0, 0.1) is 12.7 Å². The Kier molecular flexibility index (Phi) is 7.51. The first kappa shape index (κ1) is 30.3. The first-order valence-electron chi connectivity index (χ1n) is 17.0. The average Bonchev–Trinajstić information content (AvgIpc) is 3.52. The van der Waals surface area contributed by atoms with Crippen LogP contribution in [0.1, 0.15) is 5.56 Å². The van der Waals surface area contributed by atoms with Crippen molar-refractivity contribution in [2.24, 2.45) is 0 Å². The first-order chi connectivity index (χ1) is 25.1. The predicted molar refractivity (Wildman–Crippen MR) is 206 cm³/mol. The second-order valence-electron chi connectivity index (χ2n) is 12.7. The lowest BCUT2D eigenvalue weighted by molar-refractivity contribution is 0.628. The van der Waals surface area contributed by atoms with Crippen LogP contribution < -0.4 is 0 Å². The van der Waals surface area contributed by atoms with Gasteiger partial charge in [0.2, 0.25) is 0 Å². The number of halogens is 1. The molecule has 0 saturated carbocycles. The predicted octanol–water partition coefficient (Wildman–Crippen LogP) is 11.8. The van der Waals surface area contributed by atoms with E-state index in [1.165, 1.54) is 34.0 Å². The van der Waals surface area contributed by atoms with E-state index in [2.05, 4.69) is 96.4 Å². The molecule has 0 amide bonds. The third-order valence-electron chi connectivity index (χ3n) is 9.49. The van der Waals surface area contributed by atoms with Crippen LogP contribution in [0.15, 0.2) is 170 Å². The molecule has 0 radical (unpaired) electrons. The Morgan fingerprint density at radius 1 is 0.412 bits per heavy atom. The molecular formula is C46H31FN4. The number of aromatic nitrogens is 4. The van der Waals surface area contributed by atoms with Gasteiger partial charge in [-0.05, 0) is 71.1 Å². The average molecular weight is 659 g/mol. The number of para-hydroxylation sites is 1. The maximum atomic E-state index is 14.2. The number of aryl methyl sites for hydroxylation is 1. The van der Waals surface area contributed by atoms with E-state index in [0.717, 1.165) is 50.1 Å². The highest BCUT2D eigenvalue weighted by molar-refractivity contribution is 6.10. The molecule has 0 unspecified atom stereocenters. The van der Waals surface area contributed by atoms with Gasteiger partial charge in [-0.2, -0.15) is 0 Å². The van der Waals surface area contributed by atoms with Gasteiger partial charge in [0.15, 0.2) is 17.5 Å². The molecule has 0 saturated heterocycles. The van der Waals surface area contributed by atoms with E-state index in [4.69, 9.17) is 15.0 Å². The summed E-state index contributed by atoms with van der Waals surface area (Å²) in [5.41, 5.74) is 11.1. The molecular weight excluding hydrogens is 628 g/mol. The van der Waals surface area contributed by atoms with E-state index in [9.17, 15) is 4.39 Å². The summed E-state index contributed by atoms with van der Waals surface area (Å²) in [6.07, 6.45) is 0. The summed E-state index contributed by atoms with van der Waals surface area (Å²) in [5, 5.41) is 2.34. The lowest BCUT2D eigenvalue weighted by Gasteiger charge is -2.16. The molecule has 51 heavy (non-hydrogen) atoms. The largest absolute Gasteiger partial charge is 0.309 e. The van der Waals surface area contributed by atoms with Crippen LogP contribution in [-0.2, 0) is 0 Å². The van der Waals surface area contributed by atoms with Crippen LogP contribution >= 0.6 is 0 Å². The number of fused-ring (bicyclic) bond motifs is 3. The lowest BCUT2D eigenvalue weighted by atomic mass is 9.97. The second-order valence-corrected chi connectivity index (χ2v) is 12.7. The minimum Gasteiger partial charge on any atom is -0.309 e. The first-order valence-corrected chi connectivity index (χ1v) is 17.0. The Balaban J connectivity index is 1.33. The molecule has 7 aromatic carbocycles. The Morgan fingerprint density at radius 2 is 1.00 bits per heavy atom. The summed E-state index contributed by atoms with van der Waals surface area (Å²) in [6, 6.07) is 56.7. The summed E-state index contributed by atoms with van der Waals surface area (Å²) in [5.74, 6) is 1.40. The van der Waals surface area contributed by atoms with E-state index in [1.54, 1.807) is 12.1 Å². The molecule has 9 rings (SSSR count). The maximum absolute atomic E-state index is 14.2. The van der Waals surface area contributed by atoms with Crippen LogP contribution in [0.4, 0.5) is 4.39 Å². The molecule has 9 aromatic rings. The standard InChI is InChI=1S/C46H31FN4/c1-30-12-8-9-17-37(30)34-22-26-40-39-18-10-11-19-42(39)51(43(40)28-34)36-25-27-38(31-20-23-35(47)24-21-31)41(29-36)46-49-44(32-13-4-2-5-14-32)48-45(50-46)33-15-6-3-7-16-33/h2-29H,1H3. The monoisotopic (exact) mass is 658 g/mol. The zero-order valence-corrected chi connectivity index (χ0v) is 27.8. The SMILES string of the molecule is Cc1ccccc1-c1ccc2c3ccccc3n(-c3ccc(-c4ccc(F)cc4)c(-c4nc(-c5ccccc5)nc(-c5ccccc5)n4)c3)c2c1. The molecule has 0 aliphatic carbocycles. The second kappa shape index (κ2) is 12.6. The Labute approximate surface area is 295 Å². The van der Waals surface area contributed by atoms with Gasteiger partial charge in [0.25, 0.3) is 0 Å². The van der Waals surface area contributed by atoms with Crippen molar-refractivity contribution in [1.29, 1.82) is 0 Å². The van der Waals surface area contributed by atoms with Gasteiger partial charge >= 0.3 is 0 Å². The van der Waals surface area contributed by atoms with Crippen molar-refractivity contribution in [3.8, 4) is 62.1 Å². The molecule has 0 aliphatic heterocycles. The van der Waals surface area contributed by atoms with E-state index in [-0.39, 0.29) is 5.82 Å². The summed E-state index contributed by atoms with van der Waals surface area (Å²) in [7, 11) is 0. The Hall–Kier alpha value is -6.72. The fourth-order valence-electron chi connectivity index (χ4n) is 6.98. The quantitative estimate of drug-likeness (QED) is 0.179. The van der Waals surface area contributed by atoms with Crippen LogP contribution in [0.5, 0.6) is 0 Å². The highest BCUT2D eigenvalue weighted by Gasteiger charge is 2.19. The zero-order chi connectivity index (χ0) is 34.3. The Morgan fingerprint density at radius 3 is 1.71 bits per heavy atom. The van der Waals surface area contributed by atoms with E-state index >= 15 is 0 Å². The highest BCUT2D eigenvalue weighted by atomic mass is 19.1. The summed E-state index contributed by atoms with van der Waals surface area (Å²) < 4.78 is 16.5. The minimum absolute atomic E-state index is 0.287. The van der Waals surface area contributed by atoms with Gasteiger partial charge in [-0.25, -0.2) is 19.3 Å². The van der Waals surface area contributed by atoms with Crippen molar-refractivity contribution >= 4 is 21.8 Å². The van der Waals surface area contributed by atoms with Crippen molar-refractivity contribution in [3.05, 3.63) is 181 Å². The molecule has 5 heteroatoms. The summed E-state index contributed by atoms with van der Waals surface area (Å²) >= 11 is 0. The van der Waals surface area contributed by atoms with Gasteiger partial charge in [0.1, 0.15) is 5.82 Å². The van der Waals surface area contributed by atoms with Crippen molar-refractivity contribution in [2.75, 3.05) is 0 Å². The molecule has 0 bridgehead atoms. The maximum Gasteiger partial charge on any atom is 0.164 e. The molecule has 242 valence electrons. The van der Waals surface area contributed by atoms with Gasteiger partial charge in [0.05, 0.1) is 11.0 Å². The number of nitrogens with zero attached hydrogens (tertiary/aromatic N) is 4. The van der Waals surface area contributed by atoms with E-state index < -0.39 is 0 Å². The van der Waals surface area contributed by atoms with Crippen molar-refractivity contribution in [3.63, 3.8) is 0 Å². The fraction of sp³-hybridized carbons (Fsp3) is 0.0217. The lowest BCUT2D eigenvalue weighted by Crippen LogP contribution is -2.02. The zero-order valence-electron chi connectivity index (χ0n) is 27.8. The third-order valence-corrected chi connectivity index (χ3v) is 9.49. The molecule has 0 aliphatic rings. The van der Waals surface area contributed by atoms with Crippen LogP contribution in [0.3, 0.4) is 0 Å². The van der Waals surface area contributed by atoms with Gasteiger partial charge in [-0.15, -0.1) is 0 Å². The summed E-state index contributed by atoms with van der Waals surface area (Å²) in [6.45, 7) is 2.15. The van der Waals surface area contributed by atoms with Gasteiger partial charge in [-0.3, -0.25) is 0 Å². The van der Waals surface area contributed by atoms with E-state index in [0.29, 0.717) is 17.5 Å². The fourth-order valence-corrected chi connectivity index (χ4v) is 6.98. The van der Waals surface area contributed by atoms with Gasteiger partial charge in [0, 0.05) is 33.2 Å². The molecule has 2 aromatic heterocycles. The number of hydrogen-bond donors (Lipinski definition) is 0. The van der Waals surface area contributed by atoms with E-state index in [1.807, 2.05) is 60.7 Å². The topological polar surface area (TPSA) is 43.6 Å². The highest BCUT2D eigenvalue weighted by Crippen LogP contribution is 2.39. The van der Waals surface area contributed by atoms with Crippen LogP contribution in [0.2, 0.25) is 0 Å². The molecule has 2 heterocycles. The third kappa shape index (κ3) is 5.55. The molecule has 0 atom stereocenters. The molecule has 4 nitrogen and oxygen atoms in total. The van der Waals surface area contributed by atoms with Gasteiger partial charge in [-0.1, -0.05) is 133 Å². The van der Waals surface area contributed by atoms with Crippen molar-refractivity contribution in [2.45, 2.75) is 6.92 Å². The minimum atomic E-state index is -0.287. The normalized spacial score (nSPS) is 11.3. The van der Waals surface area contributed by atoms with Gasteiger partial charge < -0.3 is 4.57 Å². The van der Waals surface area contributed by atoms with Crippen LogP contribution in [-0.4, -0.2) is 19.5 Å². The summed E-state index contributed by atoms with van der Waals surface area (Å²) in [4.78, 5) is 15.2.